The minimum atomic E-state index is -0.834. The van der Waals surface area contributed by atoms with Gasteiger partial charge in [0.2, 0.25) is 11.8 Å². The van der Waals surface area contributed by atoms with Crippen LogP contribution >= 0.6 is 0 Å². The average Bonchev–Trinajstić information content (AvgIpc) is 2.82. The fraction of sp³-hybridized carbons (Fsp3) is 0.853. The van der Waals surface area contributed by atoms with Crippen LogP contribution in [0.25, 0.3) is 0 Å². The highest BCUT2D eigenvalue weighted by Crippen LogP contribution is 2.75. The third kappa shape index (κ3) is 4.01. The summed E-state index contributed by atoms with van der Waals surface area (Å²) in [6, 6.07) is 0. The highest BCUT2D eigenvalue weighted by Gasteiger charge is 2.70. The van der Waals surface area contributed by atoms with Gasteiger partial charge in [0.25, 0.3) is 0 Å². The normalized spacial score (nSPS) is 48.4. The minimum absolute atomic E-state index is 0.0385. The fourth-order valence-electron chi connectivity index (χ4n) is 11.5. The number of amides is 2. The van der Waals surface area contributed by atoms with Crippen LogP contribution in [0.3, 0.4) is 0 Å². The van der Waals surface area contributed by atoms with E-state index >= 15 is 0 Å². The zero-order chi connectivity index (χ0) is 29.7. The quantitative estimate of drug-likeness (QED) is 0.375. The van der Waals surface area contributed by atoms with Gasteiger partial charge in [-0.05, 0) is 115 Å². The number of hydrogen-bond donors (Lipinski definition) is 3. The van der Waals surface area contributed by atoms with Crippen molar-refractivity contribution in [3.05, 3.63) is 11.6 Å². The molecule has 2 unspecified atom stereocenters. The van der Waals surface area contributed by atoms with Crippen molar-refractivity contribution >= 4 is 17.6 Å². The fourth-order valence-corrected chi connectivity index (χ4v) is 11.5. The SMILES string of the molecule is CC(=O)NC(O)C[C@@H]1CC[C@@]2(C)C(CC[C@]3(C)[C@@H]2C(=O)C=C2[C@H]4C[C@@](C)(C(N)=O)CC[C@]4(C)CC[C@]23C)C1(C)C. The van der Waals surface area contributed by atoms with Crippen molar-refractivity contribution in [1.29, 1.82) is 0 Å². The first-order valence-electron chi connectivity index (χ1n) is 15.9. The second kappa shape index (κ2) is 9.15. The van der Waals surface area contributed by atoms with E-state index in [1.807, 2.05) is 6.92 Å². The molecule has 0 aromatic carbocycles. The Morgan fingerprint density at radius 1 is 1.00 bits per heavy atom. The van der Waals surface area contributed by atoms with Crippen LogP contribution in [0.5, 0.6) is 0 Å². The third-order valence-electron chi connectivity index (χ3n) is 14.3. The summed E-state index contributed by atoms with van der Waals surface area (Å²) < 4.78 is 0. The molecule has 4 saturated carbocycles. The van der Waals surface area contributed by atoms with Gasteiger partial charge in [-0.3, -0.25) is 14.4 Å². The van der Waals surface area contributed by atoms with E-state index in [1.165, 1.54) is 12.5 Å². The lowest BCUT2D eigenvalue weighted by Crippen LogP contribution is -2.66. The first-order valence-corrected chi connectivity index (χ1v) is 15.9. The van der Waals surface area contributed by atoms with Crippen LogP contribution in [0.15, 0.2) is 11.6 Å². The molecule has 5 aliphatic carbocycles. The molecule has 0 spiro atoms. The van der Waals surface area contributed by atoms with Crippen molar-refractivity contribution in [2.75, 3.05) is 0 Å². The Morgan fingerprint density at radius 2 is 1.65 bits per heavy atom. The van der Waals surface area contributed by atoms with Crippen molar-refractivity contribution in [3.63, 3.8) is 0 Å². The number of rotatable bonds is 4. The van der Waals surface area contributed by atoms with Gasteiger partial charge in [0.05, 0.1) is 0 Å². The summed E-state index contributed by atoms with van der Waals surface area (Å²) in [7, 11) is 0. The van der Waals surface area contributed by atoms with E-state index in [-0.39, 0.29) is 56.6 Å². The summed E-state index contributed by atoms with van der Waals surface area (Å²) in [6.07, 6.45) is 10.6. The second-order valence-electron chi connectivity index (χ2n) is 16.6. The predicted octanol–water partition coefficient (Wildman–Crippen LogP) is 5.91. The Kier molecular flexibility index (Phi) is 6.82. The maximum absolute atomic E-state index is 14.5. The molecule has 0 bridgehead atoms. The zero-order valence-electron chi connectivity index (χ0n) is 26.3. The van der Waals surface area contributed by atoms with E-state index in [4.69, 9.17) is 5.73 Å². The molecule has 224 valence electrons. The number of ketones is 1. The minimum Gasteiger partial charge on any atom is -0.374 e. The first kappa shape index (κ1) is 29.8. The smallest absolute Gasteiger partial charge is 0.223 e. The van der Waals surface area contributed by atoms with E-state index < -0.39 is 11.6 Å². The molecule has 10 atom stereocenters. The molecule has 4 N–H and O–H groups in total. The molecule has 0 aromatic rings. The zero-order valence-corrected chi connectivity index (χ0v) is 26.3. The van der Waals surface area contributed by atoms with Gasteiger partial charge in [-0.2, -0.15) is 0 Å². The largest absolute Gasteiger partial charge is 0.374 e. The monoisotopic (exact) mass is 554 g/mol. The van der Waals surface area contributed by atoms with Gasteiger partial charge < -0.3 is 16.2 Å². The van der Waals surface area contributed by atoms with Crippen molar-refractivity contribution in [2.24, 2.45) is 61.9 Å². The molecule has 0 aliphatic heterocycles. The van der Waals surface area contributed by atoms with Gasteiger partial charge in [0.1, 0.15) is 6.23 Å². The lowest BCUT2D eigenvalue weighted by Gasteiger charge is -2.71. The van der Waals surface area contributed by atoms with Crippen molar-refractivity contribution in [2.45, 2.75) is 126 Å². The number of aliphatic hydroxyl groups excluding tert-OH is 1. The second-order valence-corrected chi connectivity index (χ2v) is 16.6. The summed E-state index contributed by atoms with van der Waals surface area (Å²) >= 11 is 0. The summed E-state index contributed by atoms with van der Waals surface area (Å²) in [6.45, 7) is 17.8. The number of hydrogen-bond acceptors (Lipinski definition) is 4. The molecular weight excluding hydrogens is 500 g/mol. The molecule has 5 rings (SSSR count). The number of aliphatic hydroxyl groups is 1. The van der Waals surface area contributed by atoms with Gasteiger partial charge in [-0.15, -0.1) is 0 Å². The lowest BCUT2D eigenvalue weighted by atomic mass is 9.33. The maximum Gasteiger partial charge on any atom is 0.223 e. The number of primary amides is 1. The molecule has 0 aromatic heterocycles. The molecular formula is C34H54N2O4. The van der Waals surface area contributed by atoms with Crippen LogP contribution in [0, 0.1) is 56.2 Å². The highest BCUT2D eigenvalue weighted by molar-refractivity contribution is 5.95. The summed E-state index contributed by atoms with van der Waals surface area (Å²) in [4.78, 5) is 38.6. The molecule has 40 heavy (non-hydrogen) atoms. The number of carbonyl (C=O) groups is 3. The van der Waals surface area contributed by atoms with E-state index in [9.17, 15) is 19.5 Å². The Hall–Kier alpha value is -1.69. The summed E-state index contributed by atoms with van der Waals surface area (Å²) in [5.74, 6) is 0.706. The number of nitrogens with one attached hydrogen (secondary N) is 1. The van der Waals surface area contributed by atoms with Gasteiger partial charge in [-0.25, -0.2) is 0 Å². The Morgan fingerprint density at radius 3 is 2.27 bits per heavy atom. The van der Waals surface area contributed by atoms with Crippen LogP contribution in [0.2, 0.25) is 0 Å². The Balaban J connectivity index is 1.51. The number of fused-ring (bicyclic) bond motifs is 7. The van der Waals surface area contributed by atoms with E-state index in [0.717, 1.165) is 57.8 Å². The third-order valence-corrected chi connectivity index (χ3v) is 14.3. The average molecular weight is 555 g/mol. The van der Waals surface area contributed by atoms with Crippen molar-refractivity contribution in [3.8, 4) is 0 Å². The van der Waals surface area contributed by atoms with Crippen LogP contribution < -0.4 is 11.1 Å². The summed E-state index contributed by atoms with van der Waals surface area (Å²) in [5, 5.41) is 13.2. The van der Waals surface area contributed by atoms with Crippen LogP contribution in [0.4, 0.5) is 0 Å². The topological polar surface area (TPSA) is 109 Å². The maximum atomic E-state index is 14.5. The predicted molar refractivity (Wildman–Crippen MR) is 157 cm³/mol. The standard InChI is InChI=1S/C34H54N2O4/c1-20(37)36-26(39)17-21-9-11-32(6)25(29(21,2)3)10-12-34(8)27(32)24(38)18-22-23-19-31(5,28(35)40)14-13-30(23,4)15-16-33(22,34)7/h18,21,23,25-27,39H,9-17,19H2,1-8H3,(H2,35,40)(H,36,37)/t21-,23+,25?,26?,27+,30+,31-,32-,33+,34+/m0/s1. The summed E-state index contributed by atoms with van der Waals surface area (Å²) in [5.41, 5.74) is 6.45. The van der Waals surface area contributed by atoms with Gasteiger partial charge in [0, 0.05) is 18.3 Å². The molecule has 0 heterocycles. The molecule has 6 nitrogen and oxygen atoms in total. The molecule has 4 fully saturated rings. The van der Waals surface area contributed by atoms with Crippen LogP contribution in [0.1, 0.15) is 120 Å². The van der Waals surface area contributed by atoms with Crippen molar-refractivity contribution < 1.29 is 19.5 Å². The van der Waals surface area contributed by atoms with Gasteiger partial charge >= 0.3 is 0 Å². The molecule has 0 radical (unpaired) electrons. The van der Waals surface area contributed by atoms with Gasteiger partial charge in [-0.1, -0.05) is 54.0 Å². The van der Waals surface area contributed by atoms with Gasteiger partial charge in [0.15, 0.2) is 5.78 Å². The van der Waals surface area contributed by atoms with Crippen LogP contribution in [-0.2, 0) is 14.4 Å². The van der Waals surface area contributed by atoms with Crippen molar-refractivity contribution in [1.82, 2.24) is 5.32 Å². The molecule has 2 amide bonds. The lowest BCUT2D eigenvalue weighted by molar-refractivity contribution is -0.195. The van der Waals surface area contributed by atoms with E-state index in [0.29, 0.717) is 18.1 Å². The molecule has 6 heteroatoms. The Labute approximate surface area is 241 Å². The van der Waals surface area contributed by atoms with E-state index in [1.54, 1.807) is 0 Å². The van der Waals surface area contributed by atoms with Crippen LogP contribution in [-0.4, -0.2) is 28.9 Å². The molecule has 0 saturated heterocycles. The highest BCUT2D eigenvalue weighted by atomic mass is 16.3. The number of carbonyl (C=O) groups excluding carboxylic acids is 3. The molecule has 5 aliphatic rings. The van der Waals surface area contributed by atoms with E-state index in [2.05, 4.69) is 52.9 Å². The first-order chi connectivity index (χ1) is 18.3. The number of nitrogens with two attached hydrogens (primary N) is 1. The Bertz CT molecular complexity index is 1140. The number of allylic oxidation sites excluding steroid dienone is 2.